The number of carbonyl (C=O) groups excluding carboxylic acids is 5. The average molecular weight is 943 g/mol. The molecule has 4 atom stereocenters. The highest BCUT2D eigenvalue weighted by molar-refractivity contribution is 6.30. The number of imide groups is 1. The fourth-order valence-corrected chi connectivity index (χ4v) is 12.1. The van der Waals surface area contributed by atoms with Gasteiger partial charge in [0, 0.05) is 96.8 Å². The van der Waals surface area contributed by atoms with Crippen molar-refractivity contribution in [2.24, 2.45) is 5.41 Å². The number of hydrogen-bond acceptors (Lipinski definition) is 10. The molecule has 10 rings (SSSR count). The molecule has 1 saturated carbocycles. The van der Waals surface area contributed by atoms with Crippen LogP contribution in [0.3, 0.4) is 0 Å². The number of fused-ring (bicyclic) bond motifs is 4. The number of nitrogens with one attached hydrogen (secondary N) is 4. The Kier molecular flexibility index (Phi) is 10.6. The summed E-state index contributed by atoms with van der Waals surface area (Å²) in [5, 5.41) is 11.9. The fraction of sp³-hybridized carbons (Fsp3) is 0.417. The first-order valence-electron chi connectivity index (χ1n) is 22.2. The van der Waals surface area contributed by atoms with Gasteiger partial charge in [-0.1, -0.05) is 37.6 Å². The smallest absolute Gasteiger partial charge is 0.433 e. The zero-order valence-electron chi connectivity index (χ0n) is 36.8. The van der Waals surface area contributed by atoms with Gasteiger partial charge in [-0.2, -0.15) is 13.2 Å². The maximum Gasteiger partial charge on any atom is 0.433 e. The molecule has 2 spiro atoms. The number of carbonyl (C=O) groups is 5. The molecule has 350 valence electrons. The number of aromatic nitrogens is 1. The van der Waals surface area contributed by atoms with Gasteiger partial charge in [0.15, 0.2) is 0 Å². The van der Waals surface area contributed by atoms with E-state index in [9.17, 15) is 37.1 Å². The normalized spacial score (nSPS) is 24.9. The summed E-state index contributed by atoms with van der Waals surface area (Å²) in [7, 11) is 1.41. The van der Waals surface area contributed by atoms with Crippen molar-refractivity contribution in [2.75, 3.05) is 55.4 Å². The van der Waals surface area contributed by atoms with E-state index in [4.69, 9.17) is 16.3 Å². The summed E-state index contributed by atoms with van der Waals surface area (Å²) >= 11 is 6.38. The maximum atomic E-state index is 16.4. The van der Waals surface area contributed by atoms with Crippen LogP contribution in [0.1, 0.15) is 88.5 Å². The molecule has 4 aromatic rings. The number of methoxy groups -OCH3 is 1. The molecule has 5 aliphatic heterocycles. The minimum atomic E-state index is -4.70. The summed E-state index contributed by atoms with van der Waals surface area (Å²) in [5.74, 6) is -3.37. The number of piperazine rings is 1. The Morgan fingerprint density at radius 1 is 0.985 bits per heavy atom. The molecule has 0 radical (unpaired) electrons. The van der Waals surface area contributed by atoms with Crippen molar-refractivity contribution in [3.63, 3.8) is 0 Å². The number of hydrogen-bond donors (Lipinski definition) is 4. The minimum absolute atomic E-state index is 0.0999. The van der Waals surface area contributed by atoms with Crippen LogP contribution in [0.4, 0.5) is 34.6 Å². The molecule has 4 fully saturated rings. The number of piperidine rings is 1. The molecule has 3 saturated heterocycles. The number of anilines is 3. The average Bonchev–Trinajstić information content (AvgIpc) is 3.93. The van der Waals surface area contributed by atoms with Crippen molar-refractivity contribution in [1.29, 1.82) is 0 Å². The molecule has 1 aliphatic carbocycles. The fourth-order valence-electron chi connectivity index (χ4n) is 11.9. The second kappa shape index (κ2) is 15.9. The summed E-state index contributed by atoms with van der Waals surface area (Å²) < 4.78 is 63.8. The number of nitrogens with zero attached hydrogens (tertiary/aromatic N) is 4. The maximum absolute atomic E-state index is 16.4. The van der Waals surface area contributed by atoms with Gasteiger partial charge in [0.25, 0.3) is 11.8 Å². The zero-order valence-corrected chi connectivity index (χ0v) is 37.5. The van der Waals surface area contributed by atoms with Crippen LogP contribution in [0.2, 0.25) is 5.02 Å². The molecule has 14 nitrogen and oxygen atoms in total. The predicted octanol–water partition coefficient (Wildman–Crippen LogP) is 6.24. The van der Waals surface area contributed by atoms with Crippen LogP contribution in [0.25, 0.3) is 0 Å². The third-order valence-corrected chi connectivity index (χ3v) is 15.0. The van der Waals surface area contributed by atoms with E-state index < -0.39 is 58.5 Å². The number of ether oxygens (including phenoxy) is 1. The van der Waals surface area contributed by atoms with Crippen LogP contribution < -0.4 is 30.9 Å². The van der Waals surface area contributed by atoms with Gasteiger partial charge in [-0.15, -0.1) is 0 Å². The quantitative estimate of drug-likeness (QED) is 0.123. The second-order valence-corrected chi connectivity index (χ2v) is 19.6. The molecule has 19 heteroatoms. The van der Waals surface area contributed by atoms with E-state index in [1.165, 1.54) is 24.3 Å². The van der Waals surface area contributed by atoms with E-state index in [0.29, 0.717) is 55.7 Å². The molecular weight excluding hydrogens is 896 g/mol. The summed E-state index contributed by atoms with van der Waals surface area (Å²) in [4.78, 5) is 75.4. The number of halogens is 5. The van der Waals surface area contributed by atoms with Crippen molar-refractivity contribution in [2.45, 2.75) is 81.2 Å². The molecule has 1 aromatic heterocycles. The monoisotopic (exact) mass is 942 g/mol. The lowest BCUT2D eigenvalue weighted by molar-refractivity contribution is -0.141. The first-order valence-corrected chi connectivity index (χ1v) is 22.5. The Morgan fingerprint density at radius 2 is 1.75 bits per heavy atom. The SMILES string of the molecule is COc1cc(C(=O)N2CCN(c3ccc4c(c3)CN(C3CCC(=O)NC3=O)C4=O)CC2)ccc1NC(=O)[C@@H]1NC2(CC(C)(C)C2)[C@@]2(CNc3cc(C(F)(F)F)ncc32)[C@H]1c1cccc(Cl)c1F. The van der Waals surface area contributed by atoms with Gasteiger partial charge in [0.2, 0.25) is 17.7 Å². The van der Waals surface area contributed by atoms with E-state index in [1.54, 1.807) is 41.3 Å². The van der Waals surface area contributed by atoms with Gasteiger partial charge in [0.05, 0.1) is 23.9 Å². The zero-order chi connectivity index (χ0) is 47.4. The minimum Gasteiger partial charge on any atom is -0.495 e. The highest BCUT2D eigenvalue weighted by Gasteiger charge is 2.73. The number of rotatable bonds is 7. The van der Waals surface area contributed by atoms with Crippen LogP contribution in [0, 0.1) is 11.2 Å². The predicted molar refractivity (Wildman–Crippen MR) is 238 cm³/mol. The highest BCUT2D eigenvalue weighted by atomic mass is 35.5. The lowest BCUT2D eigenvalue weighted by atomic mass is 9.46. The van der Waals surface area contributed by atoms with Crippen molar-refractivity contribution in [1.82, 2.24) is 25.4 Å². The molecule has 67 heavy (non-hydrogen) atoms. The van der Waals surface area contributed by atoms with E-state index in [2.05, 4.69) is 45.0 Å². The standard InChI is InChI=1S/C48H47ClF4N8O6/c1-45(2)22-46(23-45)47(24-55-33-19-36(48(51,52)53)54-20-30(33)47)38(29-5-4-6-31(49)39(29)50)40(58-46)42(64)56-32-10-7-25(18-35(32)67-3)43(65)60-15-13-59(14-16-60)27-8-9-28-26(17-27)21-61(44(28)66)34-11-12-37(62)57-41(34)63/h4-10,17-20,34,38,40,55,58H,11-16,21-24H2,1-3H3,(H,56,64)(H,57,62,63)/t34?,38-,40+,47+/m0/s1. The van der Waals surface area contributed by atoms with E-state index in [-0.39, 0.29) is 76.8 Å². The van der Waals surface area contributed by atoms with Gasteiger partial charge >= 0.3 is 6.18 Å². The lowest BCUT2D eigenvalue weighted by Crippen LogP contribution is -2.67. The van der Waals surface area contributed by atoms with E-state index in [1.807, 2.05) is 12.1 Å². The third-order valence-electron chi connectivity index (χ3n) is 14.7. The Labute approximate surface area is 387 Å². The molecule has 0 bridgehead atoms. The summed E-state index contributed by atoms with van der Waals surface area (Å²) in [6, 6.07) is 13.9. The highest BCUT2D eigenvalue weighted by Crippen LogP contribution is 2.68. The Morgan fingerprint density at radius 3 is 2.45 bits per heavy atom. The van der Waals surface area contributed by atoms with Gasteiger partial charge < -0.3 is 30.1 Å². The van der Waals surface area contributed by atoms with Crippen LogP contribution in [0.5, 0.6) is 5.75 Å². The van der Waals surface area contributed by atoms with Crippen molar-refractivity contribution in [3.05, 3.63) is 111 Å². The molecule has 3 aromatic carbocycles. The number of pyridine rings is 1. The summed E-state index contributed by atoms with van der Waals surface area (Å²) in [6.45, 7) is 6.27. The van der Waals surface area contributed by atoms with Crippen molar-refractivity contribution >= 4 is 58.2 Å². The van der Waals surface area contributed by atoms with Gasteiger partial charge in [-0.3, -0.25) is 39.6 Å². The third kappa shape index (κ3) is 7.25. The number of alkyl halides is 3. The first-order chi connectivity index (χ1) is 31.8. The van der Waals surface area contributed by atoms with Crippen LogP contribution >= 0.6 is 11.6 Å². The number of amides is 5. The molecule has 6 aliphatic rings. The molecular formula is C48H47ClF4N8O6. The van der Waals surface area contributed by atoms with Crippen LogP contribution in [0.15, 0.2) is 66.9 Å². The van der Waals surface area contributed by atoms with Gasteiger partial charge in [-0.25, -0.2) is 4.39 Å². The van der Waals surface area contributed by atoms with Gasteiger partial charge in [0.1, 0.15) is 23.3 Å². The summed E-state index contributed by atoms with van der Waals surface area (Å²) in [5.41, 5.74) is 0.261. The topological polar surface area (TPSA) is 165 Å². The van der Waals surface area contributed by atoms with Crippen molar-refractivity contribution in [3.8, 4) is 5.75 Å². The Hall–Kier alpha value is -6.27. The van der Waals surface area contributed by atoms with Crippen LogP contribution in [-0.2, 0) is 32.5 Å². The molecule has 6 heterocycles. The molecule has 5 amide bonds. The van der Waals surface area contributed by atoms with Crippen LogP contribution in [-0.4, -0.2) is 102 Å². The van der Waals surface area contributed by atoms with Crippen molar-refractivity contribution < 1.29 is 46.3 Å². The lowest BCUT2D eigenvalue weighted by Gasteiger charge is -2.59. The summed E-state index contributed by atoms with van der Waals surface area (Å²) in [6.07, 6.45) is -2.00. The van der Waals surface area contributed by atoms with E-state index in [0.717, 1.165) is 17.3 Å². The Bertz CT molecular complexity index is 2770. The molecule has 4 N–H and O–H groups in total. The first kappa shape index (κ1) is 44.6. The Balaban J connectivity index is 0.870. The van der Waals surface area contributed by atoms with Gasteiger partial charge in [-0.05, 0) is 84.3 Å². The number of benzene rings is 3. The van der Waals surface area contributed by atoms with E-state index >= 15 is 4.39 Å². The largest absolute Gasteiger partial charge is 0.495 e. The second-order valence-electron chi connectivity index (χ2n) is 19.2. The molecule has 1 unspecified atom stereocenters.